The molecular formula is C17H23N. The standard InChI is InChI=1S/C17H23N/c1-4-10-17(11-5-1)13-18(12-14-8-9-14)16-7-3-2-6-15(16)17/h2-3,6-7,14H,1,4-5,8-13H2. The monoisotopic (exact) mass is 241 g/mol. The zero-order valence-electron chi connectivity index (χ0n) is 11.2. The van der Waals surface area contributed by atoms with Crippen LogP contribution in [0.3, 0.4) is 0 Å². The van der Waals surface area contributed by atoms with Crippen molar-refractivity contribution in [2.24, 2.45) is 5.92 Å². The lowest BCUT2D eigenvalue weighted by Crippen LogP contribution is -2.36. The molecule has 0 unspecified atom stereocenters. The first-order chi connectivity index (χ1) is 8.87. The van der Waals surface area contributed by atoms with Gasteiger partial charge in [-0.15, -0.1) is 0 Å². The molecule has 96 valence electrons. The highest BCUT2D eigenvalue weighted by atomic mass is 15.2. The molecule has 1 aliphatic heterocycles. The highest BCUT2D eigenvalue weighted by Gasteiger charge is 2.43. The Balaban J connectivity index is 1.69. The molecule has 0 aromatic heterocycles. The predicted molar refractivity (Wildman–Crippen MR) is 76.1 cm³/mol. The van der Waals surface area contributed by atoms with Gasteiger partial charge in [0, 0.05) is 24.2 Å². The van der Waals surface area contributed by atoms with E-state index in [9.17, 15) is 0 Å². The Hall–Kier alpha value is -0.980. The van der Waals surface area contributed by atoms with Crippen LogP contribution in [0.25, 0.3) is 0 Å². The van der Waals surface area contributed by atoms with E-state index in [2.05, 4.69) is 29.2 Å². The summed E-state index contributed by atoms with van der Waals surface area (Å²) in [4.78, 5) is 2.71. The molecule has 1 heteroatoms. The van der Waals surface area contributed by atoms with Gasteiger partial charge in [0.2, 0.25) is 0 Å². The maximum absolute atomic E-state index is 2.71. The number of benzene rings is 1. The number of fused-ring (bicyclic) bond motifs is 2. The fraction of sp³-hybridized carbons (Fsp3) is 0.647. The van der Waals surface area contributed by atoms with Gasteiger partial charge in [0.1, 0.15) is 0 Å². The van der Waals surface area contributed by atoms with Crippen LogP contribution in [0.15, 0.2) is 24.3 Å². The van der Waals surface area contributed by atoms with Gasteiger partial charge in [-0.05, 0) is 43.2 Å². The number of hydrogen-bond acceptors (Lipinski definition) is 1. The van der Waals surface area contributed by atoms with Crippen molar-refractivity contribution in [3.63, 3.8) is 0 Å². The fourth-order valence-electron chi connectivity index (χ4n) is 4.16. The van der Waals surface area contributed by atoms with Gasteiger partial charge in [-0.2, -0.15) is 0 Å². The summed E-state index contributed by atoms with van der Waals surface area (Å²) in [7, 11) is 0. The second kappa shape index (κ2) is 4.01. The van der Waals surface area contributed by atoms with Gasteiger partial charge in [-0.1, -0.05) is 37.5 Å². The van der Waals surface area contributed by atoms with Gasteiger partial charge in [-0.3, -0.25) is 0 Å². The summed E-state index contributed by atoms with van der Waals surface area (Å²) < 4.78 is 0. The molecule has 1 spiro atoms. The number of para-hydroxylation sites is 1. The molecule has 0 atom stereocenters. The summed E-state index contributed by atoms with van der Waals surface area (Å²) in [6.45, 7) is 2.63. The van der Waals surface area contributed by atoms with E-state index in [-0.39, 0.29) is 0 Å². The topological polar surface area (TPSA) is 3.24 Å². The zero-order valence-corrected chi connectivity index (χ0v) is 11.2. The molecule has 4 rings (SSSR count). The molecule has 1 aromatic carbocycles. The van der Waals surface area contributed by atoms with Crippen LogP contribution in [0, 0.1) is 5.92 Å². The number of hydrogen-bond donors (Lipinski definition) is 0. The van der Waals surface area contributed by atoms with Crippen molar-refractivity contribution in [1.82, 2.24) is 0 Å². The summed E-state index contributed by atoms with van der Waals surface area (Å²) in [5, 5.41) is 0. The van der Waals surface area contributed by atoms with Crippen molar-refractivity contribution in [1.29, 1.82) is 0 Å². The van der Waals surface area contributed by atoms with E-state index < -0.39 is 0 Å². The van der Waals surface area contributed by atoms with Crippen LogP contribution in [0.5, 0.6) is 0 Å². The molecule has 0 amide bonds. The predicted octanol–water partition coefficient (Wildman–Crippen LogP) is 4.12. The van der Waals surface area contributed by atoms with Gasteiger partial charge in [-0.25, -0.2) is 0 Å². The molecule has 0 radical (unpaired) electrons. The van der Waals surface area contributed by atoms with Gasteiger partial charge in [0.05, 0.1) is 0 Å². The Kier molecular flexibility index (Phi) is 2.43. The van der Waals surface area contributed by atoms with E-state index in [1.54, 1.807) is 11.3 Å². The van der Waals surface area contributed by atoms with Crippen molar-refractivity contribution in [3.05, 3.63) is 29.8 Å². The third kappa shape index (κ3) is 1.67. The molecule has 0 bridgehead atoms. The molecule has 3 aliphatic rings. The second-order valence-corrected chi connectivity index (χ2v) is 6.68. The van der Waals surface area contributed by atoms with Crippen molar-refractivity contribution in [3.8, 4) is 0 Å². The Morgan fingerprint density at radius 2 is 1.83 bits per heavy atom. The lowest BCUT2D eigenvalue weighted by Gasteiger charge is -2.34. The largest absolute Gasteiger partial charge is 0.370 e. The lowest BCUT2D eigenvalue weighted by atomic mass is 9.71. The molecule has 2 saturated carbocycles. The molecule has 1 heterocycles. The minimum atomic E-state index is 0.518. The summed E-state index contributed by atoms with van der Waals surface area (Å²) >= 11 is 0. The highest BCUT2D eigenvalue weighted by Crippen LogP contribution is 2.49. The van der Waals surface area contributed by atoms with Crippen LogP contribution >= 0.6 is 0 Å². The van der Waals surface area contributed by atoms with Crippen molar-refractivity contribution >= 4 is 5.69 Å². The quantitative estimate of drug-likeness (QED) is 0.753. The molecule has 1 aromatic rings. The fourth-order valence-corrected chi connectivity index (χ4v) is 4.16. The van der Waals surface area contributed by atoms with Gasteiger partial charge < -0.3 is 4.90 Å². The van der Waals surface area contributed by atoms with Gasteiger partial charge in [0.15, 0.2) is 0 Å². The van der Waals surface area contributed by atoms with Crippen molar-refractivity contribution < 1.29 is 0 Å². The molecule has 0 N–H and O–H groups in total. The number of rotatable bonds is 2. The van der Waals surface area contributed by atoms with Crippen LogP contribution in [-0.2, 0) is 5.41 Å². The third-order valence-electron chi connectivity index (χ3n) is 5.30. The van der Waals surface area contributed by atoms with E-state index in [0.717, 1.165) is 5.92 Å². The molecule has 2 aliphatic carbocycles. The van der Waals surface area contributed by atoms with Crippen LogP contribution in [0.2, 0.25) is 0 Å². The van der Waals surface area contributed by atoms with Gasteiger partial charge in [0.25, 0.3) is 0 Å². The first kappa shape index (κ1) is 10.9. The Bertz CT molecular complexity index is 441. The Morgan fingerprint density at radius 1 is 1.06 bits per heavy atom. The van der Waals surface area contributed by atoms with E-state index in [0.29, 0.717) is 5.41 Å². The maximum Gasteiger partial charge on any atom is 0.0405 e. The first-order valence-electron chi connectivity index (χ1n) is 7.72. The summed E-state index contributed by atoms with van der Waals surface area (Å²) in [5.74, 6) is 0.997. The lowest BCUT2D eigenvalue weighted by molar-refractivity contribution is 0.309. The zero-order chi connectivity index (χ0) is 12.0. The molecule has 0 saturated heterocycles. The minimum Gasteiger partial charge on any atom is -0.370 e. The number of nitrogens with zero attached hydrogens (tertiary/aromatic N) is 1. The maximum atomic E-state index is 2.71. The molecule has 1 nitrogen and oxygen atoms in total. The summed E-state index contributed by atoms with van der Waals surface area (Å²) in [5.41, 5.74) is 3.75. The Labute approximate surface area is 110 Å². The minimum absolute atomic E-state index is 0.518. The van der Waals surface area contributed by atoms with E-state index in [1.165, 1.54) is 58.0 Å². The smallest absolute Gasteiger partial charge is 0.0405 e. The molecule has 2 fully saturated rings. The molecule has 18 heavy (non-hydrogen) atoms. The molecular weight excluding hydrogens is 218 g/mol. The van der Waals surface area contributed by atoms with Crippen LogP contribution in [0.1, 0.15) is 50.5 Å². The summed E-state index contributed by atoms with van der Waals surface area (Å²) in [6, 6.07) is 9.24. The SMILES string of the molecule is c1ccc2c(c1)N(CC1CC1)CC21CCCCC1. The normalized spacial score (nSPS) is 25.4. The van der Waals surface area contributed by atoms with E-state index >= 15 is 0 Å². The second-order valence-electron chi connectivity index (χ2n) is 6.68. The Morgan fingerprint density at radius 3 is 2.61 bits per heavy atom. The van der Waals surface area contributed by atoms with Crippen LogP contribution in [-0.4, -0.2) is 13.1 Å². The first-order valence-corrected chi connectivity index (χ1v) is 7.72. The van der Waals surface area contributed by atoms with E-state index in [4.69, 9.17) is 0 Å². The number of anilines is 1. The third-order valence-corrected chi connectivity index (χ3v) is 5.30. The summed E-state index contributed by atoms with van der Waals surface area (Å²) in [6.07, 6.45) is 10.1. The average molecular weight is 241 g/mol. The van der Waals surface area contributed by atoms with Gasteiger partial charge >= 0.3 is 0 Å². The van der Waals surface area contributed by atoms with Crippen molar-refractivity contribution in [2.45, 2.75) is 50.4 Å². The van der Waals surface area contributed by atoms with Crippen molar-refractivity contribution in [2.75, 3.05) is 18.0 Å². The van der Waals surface area contributed by atoms with Crippen LogP contribution < -0.4 is 4.90 Å². The highest BCUT2D eigenvalue weighted by molar-refractivity contribution is 5.63. The van der Waals surface area contributed by atoms with Crippen LogP contribution in [0.4, 0.5) is 5.69 Å². The average Bonchev–Trinajstić information content (AvgIpc) is 3.18. The van der Waals surface area contributed by atoms with E-state index in [1.807, 2.05) is 0 Å².